The summed E-state index contributed by atoms with van der Waals surface area (Å²) < 4.78 is 4.94. The predicted octanol–water partition coefficient (Wildman–Crippen LogP) is 1.95. The molecule has 0 spiro atoms. The number of urea groups is 1. The second-order valence-corrected chi connectivity index (χ2v) is 7.92. The number of amides is 3. The van der Waals surface area contributed by atoms with Crippen LogP contribution in [0, 0.1) is 5.92 Å². The fraction of sp³-hybridized carbons (Fsp3) is 0.842. The van der Waals surface area contributed by atoms with E-state index in [-0.39, 0.29) is 36.5 Å². The second-order valence-electron chi connectivity index (χ2n) is 7.92. The molecule has 0 bridgehead atoms. The van der Waals surface area contributed by atoms with Crippen molar-refractivity contribution in [1.29, 1.82) is 0 Å². The first-order valence-electron chi connectivity index (χ1n) is 10.0. The fourth-order valence-electron chi connectivity index (χ4n) is 4.95. The summed E-state index contributed by atoms with van der Waals surface area (Å²) in [5.74, 6) is -0.186. The summed E-state index contributed by atoms with van der Waals surface area (Å²) in [6.45, 7) is 0.0685. The van der Waals surface area contributed by atoms with Crippen LogP contribution in [0.15, 0.2) is 0 Å². The molecular weight excluding hydrogens is 334 g/mol. The van der Waals surface area contributed by atoms with Gasteiger partial charge in [-0.05, 0) is 38.0 Å². The third-order valence-corrected chi connectivity index (χ3v) is 6.21. The molecule has 7 heteroatoms. The first-order valence-corrected chi connectivity index (χ1v) is 10.0. The maximum Gasteiger partial charge on any atom is 0.323 e. The van der Waals surface area contributed by atoms with Gasteiger partial charge in [0.15, 0.2) is 0 Å². The smallest absolute Gasteiger partial charge is 0.323 e. The van der Waals surface area contributed by atoms with E-state index in [2.05, 4.69) is 10.6 Å². The molecule has 0 aromatic carbocycles. The van der Waals surface area contributed by atoms with Crippen LogP contribution in [-0.2, 0) is 14.3 Å². The number of carbonyl (C=O) groups is 3. The van der Waals surface area contributed by atoms with E-state index < -0.39 is 6.03 Å². The summed E-state index contributed by atoms with van der Waals surface area (Å²) in [4.78, 5) is 38.6. The number of likely N-dealkylation sites (tertiary alicyclic amines) is 1. The van der Waals surface area contributed by atoms with E-state index in [9.17, 15) is 14.4 Å². The van der Waals surface area contributed by atoms with Gasteiger partial charge in [0.25, 0.3) is 0 Å². The van der Waals surface area contributed by atoms with Crippen molar-refractivity contribution in [2.24, 2.45) is 5.92 Å². The molecule has 1 aliphatic heterocycles. The Labute approximate surface area is 155 Å². The molecule has 2 saturated carbocycles. The largest absolute Gasteiger partial charge is 0.468 e. The van der Waals surface area contributed by atoms with Crippen LogP contribution in [0.3, 0.4) is 0 Å². The number of fused-ring (bicyclic) bond motifs is 1. The van der Waals surface area contributed by atoms with Gasteiger partial charge in [-0.15, -0.1) is 0 Å². The number of esters is 1. The van der Waals surface area contributed by atoms with Crippen LogP contribution in [0.4, 0.5) is 4.79 Å². The minimum absolute atomic E-state index is 0.0685. The maximum atomic E-state index is 12.4. The van der Waals surface area contributed by atoms with E-state index in [1.54, 1.807) is 0 Å². The molecule has 2 aliphatic carbocycles. The predicted molar refractivity (Wildman–Crippen MR) is 96.4 cm³/mol. The highest BCUT2D eigenvalue weighted by Crippen LogP contribution is 2.39. The van der Waals surface area contributed by atoms with Crippen LogP contribution in [0.25, 0.3) is 0 Å². The van der Waals surface area contributed by atoms with Gasteiger partial charge in [0, 0.05) is 12.1 Å². The number of methoxy groups -OCH3 is 1. The number of nitrogens with zero attached hydrogens (tertiary/aromatic N) is 1. The average Bonchev–Trinajstić information content (AvgIpc) is 3.00. The summed E-state index contributed by atoms with van der Waals surface area (Å²) in [7, 11) is 1.39. The zero-order chi connectivity index (χ0) is 18.5. The number of hydrogen-bond donors (Lipinski definition) is 2. The molecule has 2 N–H and O–H groups in total. The Hall–Kier alpha value is -1.63. The summed E-state index contributed by atoms with van der Waals surface area (Å²) in [5, 5.41) is 5.34. The van der Waals surface area contributed by atoms with Crippen molar-refractivity contribution in [1.82, 2.24) is 15.5 Å². The van der Waals surface area contributed by atoms with Crippen molar-refractivity contribution in [3.8, 4) is 0 Å². The summed E-state index contributed by atoms with van der Waals surface area (Å²) in [5.41, 5.74) is 0. The fourth-order valence-corrected chi connectivity index (χ4v) is 4.95. The van der Waals surface area contributed by atoms with E-state index in [1.165, 1.54) is 20.0 Å². The molecule has 1 heterocycles. The van der Waals surface area contributed by atoms with Crippen LogP contribution >= 0.6 is 0 Å². The molecule has 3 aliphatic rings. The van der Waals surface area contributed by atoms with Crippen LogP contribution in [0.5, 0.6) is 0 Å². The molecule has 3 rings (SSSR count). The lowest BCUT2D eigenvalue weighted by molar-refractivity contribution is -0.146. The van der Waals surface area contributed by atoms with Gasteiger partial charge >= 0.3 is 12.0 Å². The molecule has 146 valence electrons. The Morgan fingerprint density at radius 3 is 2.42 bits per heavy atom. The molecule has 3 amide bonds. The van der Waals surface area contributed by atoms with Crippen LogP contribution in [0.2, 0.25) is 0 Å². The Balaban J connectivity index is 1.55. The van der Waals surface area contributed by atoms with Crippen molar-refractivity contribution in [2.45, 2.75) is 82.3 Å². The molecule has 3 fully saturated rings. The number of rotatable bonds is 4. The number of ether oxygens (including phenoxy) is 1. The third kappa shape index (κ3) is 4.55. The van der Waals surface area contributed by atoms with Gasteiger partial charge < -0.3 is 10.1 Å². The number of imide groups is 1. The van der Waals surface area contributed by atoms with E-state index in [0.29, 0.717) is 5.92 Å². The Morgan fingerprint density at radius 2 is 1.69 bits per heavy atom. The molecule has 0 aromatic rings. The van der Waals surface area contributed by atoms with Crippen molar-refractivity contribution in [2.75, 3.05) is 13.7 Å². The first kappa shape index (κ1) is 19.1. The molecule has 0 aromatic heterocycles. The molecular formula is C19H31N3O4. The lowest BCUT2D eigenvalue weighted by atomic mass is 9.85. The van der Waals surface area contributed by atoms with Gasteiger partial charge in [0.2, 0.25) is 5.91 Å². The zero-order valence-corrected chi connectivity index (χ0v) is 15.7. The number of carbonyl (C=O) groups excluding carboxylic acids is 3. The zero-order valence-electron chi connectivity index (χ0n) is 15.7. The molecule has 0 radical (unpaired) electrons. The minimum atomic E-state index is -0.420. The van der Waals surface area contributed by atoms with Gasteiger partial charge in [-0.2, -0.15) is 0 Å². The molecule has 7 nitrogen and oxygen atoms in total. The second kappa shape index (κ2) is 8.84. The topological polar surface area (TPSA) is 87.7 Å². The average molecular weight is 365 g/mol. The lowest BCUT2D eigenvalue weighted by Gasteiger charge is -2.32. The SMILES string of the molecule is COC(=O)C1CC2CCCCC2N1CC(=O)NC(=O)NC1CCCCC1. The Bertz CT molecular complexity index is 533. The standard InChI is InChI=1S/C19H31N3O4/c1-26-18(24)16-11-13-7-5-6-10-15(13)22(16)12-17(23)21-19(25)20-14-8-3-2-4-9-14/h13-16H,2-12H2,1H3,(H2,20,21,23,25). The summed E-state index contributed by atoms with van der Waals surface area (Å²) in [6.07, 6.45) is 10.5. The Kier molecular flexibility index (Phi) is 6.51. The van der Waals surface area contributed by atoms with Gasteiger partial charge in [0.05, 0.1) is 13.7 Å². The van der Waals surface area contributed by atoms with E-state index in [1.807, 2.05) is 4.90 Å². The minimum Gasteiger partial charge on any atom is -0.468 e. The maximum absolute atomic E-state index is 12.4. The number of hydrogen-bond acceptors (Lipinski definition) is 5. The van der Waals surface area contributed by atoms with Gasteiger partial charge in [-0.1, -0.05) is 32.1 Å². The van der Waals surface area contributed by atoms with E-state index in [0.717, 1.165) is 51.4 Å². The van der Waals surface area contributed by atoms with Crippen molar-refractivity contribution in [3.63, 3.8) is 0 Å². The molecule has 1 saturated heterocycles. The summed E-state index contributed by atoms with van der Waals surface area (Å²) in [6, 6.07) is -0.398. The van der Waals surface area contributed by atoms with Crippen molar-refractivity contribution >= 4 is 17.9 Å². The van der Waals surface area contributed by atoms with Crippen molar-refractivity contribution in [3.05, 3.63) is 0 Å². The first-order chi connectivity index (χ1) is 12.6. The van der Waals surface area contributed by atoms with Gasteiger partial charge in [-0.25, -0.2) is 4.79 Å². The number of nitrogens with one attached hydrogen (secondary N) is 2. The molecule has 3 atom stereocenters. The lowest BCUT2D eigenvalue weighted by Crippen LogP contribution is -2.51. The van der Waals surface area contributed by atoms with Crippen molar-refractivity contribution < 1.29 is 19.1 Å². The molecule has 3 unspecified atom stereocenters. The quantitative estimate of drug-likeness (QED) is 0.744. The molecule has 26 heavy (non-hydrogen) atoms. The van der Waals surface area contributed by atoms with Crippen LogP contribution in [0.1, 0.15) is 64.2 Å². The normalized spacial score (nSPS) is 29.7. The highest BCUT2D eigenvalue weighted by atomic mass is 16.5. The van der Waals surface area contributed by atoms with Gasteiger partial charge in [-0.3, -0.25) is 19.8 Å². The third-order valence-electron chi connectivity index (χ3n) is 6.21. The highest BCUT2D eigenvalue weighted by Gasteiger charge is 2.46. The van der Waals surface area contributed by atoms with E-state index in [4.69, 9.17) is 4.74 Å². The van der Waals surface area contributed by atoms with Gasteiger partial charge in [0.1, 0.15) is 6.04 Å². The highest BCUT2D eigenvalue weighted by molar-refractivity contribution is 5.95. The monoisotopic (exact) mass is 365 g/mol. The summed E-state index contributed by atoms with van der Waals surface area (Å²) >= 11 is 0. The Morgan fingerprint density at radius 1 is 1.00 bits per heavy atom. The van der Waals surface area contributed by atoms with E-state index >= 15 is 0 Å². The van der Waals surface area contributed by atoms with Crippen LogP contribution < -0.4 is 10.6 Å². The van der Waals surface area contributed by atoms with Crippen LogP contribution in [-0.4, -0.2) is 54.6 Å².